The third-order valence-corrected chi connectivity index (χ3v) is 4.19. The average Bonchev–Trinajstić information content (AvgIpc) is 2.65. The van der Waals surface area contributed by atoms with Crippen molar-refractivity contribution < 1.29 is 14.4 Å². The second-order valence-corrected chi connectivity index (χ2v) is 5.95. The lowest BCUT2D eigenvalue weighted by molar-refractivity contribution is -0.119. The van der Waals surface area contributed by atoms with Crippen molar-refractivity contribution in [2.75, 3.05) is 0 Å². The molecule has 0 unspecified atom stereocenters. The van der Waals surface area contributed by atoms with E-state index < -0.39 is 5.78 Å². The van der Waals surface area contributed by atoms with Crippen LogP contribution in [0, 0.1) is 0 Å². The lowest BCUT2D eigenvalue weighted by Gasteiger charge is -2.19. The fraction of sp³-hybridized carbons (Fsp3) is 0.0909. The smallest absolute Gasteiger partial charge is 0.190 e. The van der Waals surface area contributed by atoms with Gasteiger partial charge in [-0.05, 0) is 41.0 Å². The average molecular weight is 343 g/mol. The van der Waals surface area contributed by atoms with Crippen LogP contribution in [0.25, 0.3) is 11.6 Å². The summed E-state index contributed by atoms with van der Waals surface area (Å²) in [6.45, 7) is 5.19. The number of hydrogen-bond acceptors (Lipinski definition) is 4. The maximum absolute atomic E-state index is 12.7. The molecule has 4 nitrogen and oxygen atoms in total. The lowest BCUT2D eigenvalue weighted by atomic mass is 9.83. The summed E-state index contributed by atoms with van der Waals surface area (Å²) < 4.78 is 0. The van der Waals surface area contributed by atoms with E-state index in [1.807, 2.05) is 24.3 Å². The zero-order valence-electron chi connectivity index (χ0n) is 14.4. The van der Waals surface area contributed by atoms with E-state index >= 15 is 0 Å². The van der Waals surface area contributed by atoms with Gasteiger partial charge in [0.2, 0.25) is 0 Å². The number of allylic oxidation sites excluding steroid dienone is 4. The summed E-state index contributed by atoms with van der Waals surface area (Å²) in [6.07, 6.45) is 4.57. The van der Waals surface area contributed by atoms with Crippen LogP contribution in [0.3, 0.4) is 0 Å². The van der Waals surface area contributed by atoms with Crippen LogP contribution in [0.2, 0.25) is 0 Å². The van der Waals surface area contributed by atoms with E-state index in [1.54, 1.807) is 24.3 Å². The van der Waals surface area contributed by atoms with Crippen molar-refractivity contribution in [3.8, 4) is 0 Å². The first kappa shape index (κ1) is 17.4. The molecular weight excluding hydrogens is 326 g/mol. The van der Waals surface area contributed by atoms with Gasteiger partial charge >= 0.3 is 0 Å². The molecule has 1 heterocycles. The van der Waals surface area contributed by atoms with Crippen molar-refractivity contribution in [1.82, 2.24) is 4.98 Å². The number of carbonyl (C=O) groups is 3. The molecule has 1 aromatic carbocycles. The Kier molecular flexibility index (Phi) is 4.85. The molecule has 0 saturated heterocycles. The second kappa shape index (κ2) is 7.23. The highest BCUT2D eigenvalue weighted by atomic mass is 16.1. The van der Waals surface area contributed by atoms with Gasteiger partial charge in [0.05, 0.1) is 11.3 Å². The van der Waals surface area contributed by atoms with Crippen LogP contribution >= 0.6 is 0 Å². The number of Topliss-reactive ketones (excluding diaryl/α,β-unsaturated/α-hetero) is 2. The Labute approximate surface area is 151 Å². The number of rotatable bonds is 5. The summed E-state index contributed by atoms with van der Waals surface area (Å²) in [5, 5.41) is 0. The van der Waals surface area contributed by atoms with E-state index in [-0.39, 0.29) is 23.6 Å². The van der Waals surface area contributed by atoms with Crippen molar-refractivity contribution in [3.63, 3.8) is 0 Å². The van der Waals surface area contributed by atoms with Gasteiger partial charge in [0.15, 0.2) is 17.3 Å². The molecule has 3 rings (SSSR count). The zero-order chi connectivity index (χ0) is 18.7. The Morgan fingerprint density at radius 1 is 1.12 bits per heavy atom. The third-order valence-electron chi connectivity index (χ3n) is 4.19. The topological polar surface area (TPSA) is 64.1 Å². The first-order chi connectivity index (χ1) is 12.5. The molecule has 0 amide bonds. The Morgan fingerprint density at radius 3 is 2.62 bits per heavy atom. The van der Waals surface area contributed by atoms with E-state index in [0.717, 1.165) is 11.1 Å². The maximum Gasteiger partial charge on any atom is 0.190 e. The monoisotopic (exact) mass is 343 g/mol. The Bertz CT molecular complexity index is 996. The van der Waals surface area contributed by atoms with Crippen LogP contribution in [0.5, 0.6) is 0 Å². The van der Waals surface area contributed by atoms with Crippen molar-refractivity contribution in [2.24, 2.45) is 0 Å². The molecule has 0 N–H and O–H groups in total. The number of nitrogens with zero attached hydrogens (tertiary/aromatic N) is 1. The molecule has 0 aliphatic heterocycles. The fourth-order valence-corrected chi connectivity index (χ4v) is 2.95. The van der Waals surface area contributed by atoms with E-state index in [9.17, 15) is 14.4 Å². The zero-order valence-corrected chi connectivity index (χ0v) is 14.4. The largest absolute Gasteiger partial charge is 0.294 e. The number of aromatic nitrogens is 1. The van der Waals surface area contributed by atoms with Gasteiger partial charge in [-0.25, -0.2) is 4.98 Å². The van der Waals surface area contributed by atoms with Crippen LogP contribution in [0.15, 0.2) is 66.8 Å². The summed E-state index contributed by atoms with van der Waals surface area (Å²) in [5.74, 6) is -0.768. The van der Waals surface area contributed by atoms with Gasteiger partial charge < -0.3 is 0 Å². The molecule has 0 radical (unpaired) electrons. The van der Waals surface area contributed by atoms with Crippen LogP contribution in [0.4, 0.5) is 0 Å². The van der Waals surface area contributed by atoms with Gasteiger partial charge in [0.1, 0.15) is 5.69 Å². The van der Waals surface area contributed by atoms with Crippen molar-refractivity contribution in [1.29, 1.82) is 0 Å². The highest BCUT2D eigenvalue weighted by molar-refractivity contribution is 6.31. The summed E-state index contributed by atoms with van der Waals surface area (Å²) in [4.78, 5) is 40.8. The molecule has 1 aliphatic carbocycles. The number of pyridine rings is 1. The van der Waals surface area contributed by atoms with Crippen LogP contribution in [-0.2, 0) is 16.0 Å². The molecule has 1 aliphatic rings. The fourth-order valence-electron chi connectivity index (χ4n) is 2.95. The van der Waals surface area contributed by atoms with Gasteiger partial charge in [0.25, 0.3) is 0 Å². The molecule has 0 bridgehead atoms. The van der Waals surface area contributed by atoms with Crippen LogP contribution in [-0.4, -0.2) is 22.3 Å². The Morgan fingerprint density at radius 2 is 1.88 bits per heavy atom. The number of fused-ring (bicyclic) bond motifs is 1. The SMILES string of the molecule is C=CC1=C(C(=O)/C=C/c2cccc(C(C)=O)n2)C(=O)Cc2ccccc21. The summed E-state index contributed by atoms with van der Waals surface area (Å²) in [6, 6.07) is 12.5. The molecule has 0 fully saturated rings. The molecule has 0 atom stereocenters. The molecule has 0 saturated carbocycles. The molecule has 128 valence electrons. The number of ketones is 3. The number of hydrogen-bond donors (Lipinski definition) is 0. The number of benzene rings is 1. The molecular formula is C22H17NO3. The lowest BCUT2D eigenvalue weighted by Crippen LogP contribution is -2.20. The highest BCUT2D eigenvalue weighted by Crippen LogP contribution is 2.30. The minimum absolute atomic E-state index is 0.137. The van der Waals surface area contributed by atoms with E-state index in [0.29, 0.717) is 17.0 Å². The first-order valence-corrected chi connectivity index (χ1v) is 8.20. The molecule has 26 heavy (non-hydrogen) atoms. The van der Waals surface area contributed by atoms with E-state index in [1.165, 1.54) is 19.1 Å². The van der Waals surface area contributed by atoms with Gasteiger partial charge in [-0.2, -0.15) is 0 Å². The maximum atomic E-state index is 12.7. The molecule has 0 spiro atoms. The van der Waals surface area contributed by atoms with E-state index in [4.69, 9.17) is 0 Å². The molecule has 2 aromatic rings. The number of carbonyl (C=O) groups excluding carboxylic acids is 3. The van der Waals surface area contributed by atoms with Crippen molar-refractivity contribution >= 4 is 29.0 Å². The highest BCUT2D eigenvalue weighted by Gasteiger charge is 2.27. The summed E-state index contributed by atoms with van der Waals surface area (Å²) in [7, 11) is 0. The van der Waals surface area contributed by atoms with Crippen molar-refractivity contribution in [2.45, 2.75) is 13.3 Å². The minimum atomic E-state index is -0.394. The quantitative estimate of drug-likeness (QED) is 0.472. The summed E-state index contributed by atoms with van der Waals surface area (Å²) in [5.41, 5.74) is 3.25. The molecule has 4 heteroatoms. The second-order valence-electron chi connectivity index (χ2n) is 5.95. The Balaban J connectivity index is 1.97. The minimum Gasteiger partial charge on any atom is -0.294 e. The predicted molar refractivity (Wildman–Crippen MR) is 101 cm³/mol. The molecule has 1 aromatic heterocycles. The van der Waals surface area contributed by atoms with Crippen LogP contribution < -0.4 is 0 Å². The third kappa shape index (κ3) is 3.35. The van der Waals surface area contributed by atoms with Gasteiger partial charge in [0, 0.05) is 13.3 Å². The van der Waals surface area contributed by atoms with E-state index in [2.05, 4.69) is 11.6 Å². The van der Waals surface area contributed by atoms with Crippen LogP contribution in [0.1, 0.15) is 34.2 Å². The summed E-state index contributed by atoms with van der Waals surface area (Å²) >= 11 is 0. The standard InChI is InChI=1S/C22H17NO3/c1-3-17-18-9-5-4-7-15(18)13-21(26)22(17)20(25)12-11-16-8-6-10-19(23-16)14(2)24/h3-12H,1,13H2,2H3/b12-11+. The first-order valence-electron chi connectivity index (χ1n) is 8.20. The predicted octanol–water partition coefficient (Wildman–Crippen LogP) is 3.63. The Hall–Kier alpha value is -3.40. The normalized spacial score (nSPS) is 13.7. The van der Waals surface area contributed by atoms with Gasteiger partial charge in [-0.15, -0.1) is 0 Å². The van der Waals surface area contributed by atoms with Crippen molar-refractivity contribution in [3.05, 3.63) is 89.3 Å². The van der Waals surface area contributed by atoms with Gasteiger partial charge in [-0.1, -0.05) is 43.0 Å². The van der Waals surface area contributed by atoms with Gasteiger partial charge in [-0.3, -0.25) is 14.4 Å².